The fraction of sp³-hybridized carbons (Fsp3) is 0.310. The molecular formula is C29H24FN9O. The molecule has 0 bridgehead atoms. The summed E-state index contributed by atoms with van der Waals surface area (Å²) < 4.78 is 16.6. The molecule has 2 fully saturated rings. The van der Waals surface area contributed by atoms with Crippen LogP contribution in [0.2, 0.25) is 0 Å². The topological polar surface area (TPSA) is 141 Å². The van der Waals surface area contributed by atoms with E-state index in [0.29, 0.717) is 53.9 Å². The minimum absolute atomic E-state index is 0.182. The summed E-state index contributed by atoms with van der Waals surface area (Å²) in [5.41, 5.74) is 2.08. The van der Waals surface area contributed by atoms with E-state index in [1.807, 2.05) is 18.3 Å². The zero-order valence-corrected chi connectivity index (χ0v) is 21.5. The van der Waals surface area contributed by atoms with Gasteiger partial charge in [0.2, 0.25) is 0 Å². The van der Waals surface area contributed by atoms with E-state index in [9.17, 15) is 25.0 Å². The van der Waals surface area contributed by atoms with Gasteiger partial charge in [-0.15, -0.1) is 0 Å². The summed E-state index contributed by atoms with van der Waals surface area (Å²) in [7, 11) is 0. The second-order valence-electron chi connectivity index (χ2n) is 10.4. The lowest BCUT2D eigenvalue weighted by molar-refractivity contribution is -0.0412. The average molecular weight is 534 g/mol. The SMILES string of the molecule is N#CCC1(n2cc(-c3c(F)cnc4[nH]ccc34)cn2)CN(C2CCN(C(=O)c3cc(C#N)cc(C#N)c3)CC2)C1. The van der Waals surface area contributed by atoms with Gasteiger partial charge in [-0.1, -0.05) is 0 Å². The second-order valence-corrected chi connectivity index (χ2v) is 10.4. The Morgan fingerprint density at radius 1 is 1.10 bits per heavy atom. The third kappa shape index (κ3) is 4.25. The molecule has 3 aromatic heterocycles. The van der Waals surface area contributed by atoms with Gasteiger partial charge >= 0.3 is 0 Å². The molecule has 4 aromatic rings. The number of amides is 1. The predicted molar refractivity (Wildman–Crippen MR) is 142 cm³/mol. The summed E-state index contributed by atoms with van der Waals surface area (Å²) in [6.07, 6.45) is 8.18. The summed E-state index contributed by atoms with van der Waals surface area (Å²) in [4.78, 5) is 24.3. The number of likely N-dealkylation sites (tertiary alicyclic amines) is 2. The normalized spacial score (nSPS) is 17.1. The number of H-pyrrole nitrogens is 1. The number of hydrogen-bond acceptors (Lipinski definition) is 7. The molecule has 0 saturated carbocycles. The second kappa shape index (κ2) is 9.92. The quantitative estimate of drug-likeness (QED) is 0.414. The van der Waals surface area contributed by atoms with Crippen LogP contribution < -0.4 is 0 Å². The van der Waals surface area contributed by atoms with Crippen molar-refractivity contribution >= 4 is 16.9 Å². The molecule has 40 heavy (non-hydrogen) atoms. The molecule has 6 rings (SSSR count). The van der Waals surface area contributed by atoms with Crippen molar-refractivity contribution < 1.29 is 9.18 Å². The predicted octanol–water partition coefficient (Wildman–Crippen LogP) is 3.54. The van der Waals surface area contributed by atoms with E-state index in [-0.39, 0.29) is 29.5 Å². The van der Waals surface area contributed by atoms with E-state index < -0.39 is 11.4 Å². The van der Waals surface area contributed by atoms with Gasteiger partial charge in [0.25, 0.3) is 5.91 Å². The number of nitrogens with one attached hydrogen (secondary N) is 1. The van der Waals surface area contributed by atoms with Crippen molar-refractivity contribution in [2.45, 2.75) is 30.8 Å². The van der Waals surface area contributed by atoms with Crippen LogP contribution in [0.15, 0.2) is 49.1 Å². The van der Waals surface area contributed by atoms with Gasteiger partial charge in [-0.2, -0.15) is 20.9 Å². The third-order valence-electron chi connectivity index (χ3n) is 8.01. The monoisotopic (exact) mass is 533 g/mol. The molecule has 5 heterocycles. The third-order valence-corrected chi connectivity index (χ3v) is 8.01. The van der Waals surface area contributed by atoms with E-state index in [1.54, 1.807) is 28.0 Å². The maximum Gasteiger partial charge on any atom is 0.253 e. The van der Waals surface area contributed by atoms with Crippen molar-refractivity contribution in [3.8, 4) is 29.3 Å². The minimum Gasteiger partial charge on any atom is -0.346 e. The summed E-state index contributed by atoms with van der Waals surface area (Å²) in [5, 5.41) is 33.3. The van der Waals surface area contributed by atoms with Crippen LogP contribution in [-0.2, 0) is 5.54 Å². The highest BCUT2D eigenvalue weighted by Gasteiger charge is 2.48. The molecule has 0 aliphatic carbocycles. The highest BCUT2D eigenvalue weighted by atomic mass is 19.1. The Morgan fingerprint density at radius 3 is 2.50 bits per heavy atom. The standard InChI is InChI=1S/C29H24FN9O/c30-25-15-35-27-24(1-6-34-27)26(25)22-14-36-39(16-22)29(4-5-31)17-38(18-29)23-2-7-37(8-3-23)28(40)21-10-19(12-32)9-20(11-21)13-33/h1,6,9-11,14-16,23H,2-4,7-8,17-18H2,(H,34,35). The van der Waals surface area contributed by atoms with Crippen LogP contribution in [0.25, 0.3) is 22.2 Å². The van der Waals surface area contributed by atoms with Crippen molar-refractivity contribution in [3.63, 3.8) is 0 Å². The number of rotatable bonds is 5. The van der Waals surface area contributed by atoms with Crippen LogP contribution in [-0.4, -0.2) is 67.7 Å². The number of nitriles is 3. The molecule has 198 valence electrons. The van der Waals surface area contributed by atoms with Crippen molar-refractivity contribution in [1.29, 1.82) is 15.8 Å². The number of fused-ring (bicyclic) bond motifs is 1. The highest BCUT2D eigenvalue weighted by Crippen LogP contribution is 2.38. The molecule has 2 saturated heterocycles. The van der Waals surface area contributed by atoms with Crippen LogP contribution in [0.3, 0.4) is 0 Å². The number of aromatic nitrogens is 4. The summed E-state index contributed by atoms with van der Waals surface area (Å²) in [6.45, 7) is 2.39. The van der Waals surface area contributed by atoms with Gasteiger partial charge in [-0.3, -0.25) is 14.4 Å². The van der Waals surface area contributed by atoms with E-state index >= 15 is 0 Å². The first-order valence-electron chi connectivity index (χ1n) is 13.0. The van der Waals surface area contributed by atoms with E-state index in [4.69, 9.17) is 0 Å². The van der Waals surface area contributed by atoms with Gasteiger partial charge in [0.1, 0.15) is 17.0 Å². The number of pyridine rings is 1. The van der Waals surface area contributed by atoms with E-state index in [0.717, 1.165) is 12.8 Å². The van der Waals surface area contributed by atoms with Gasteiger partial charge in [-0.05, 0) is 37.1 Å². The lowest BCUT2D eigenvalue weighted by Crippen LogP contribution is -2.66. The fourth-order valence-corrected chi connectivity index (χ4v) is 5.94. The summed E-state index contributed by atoms with van der Waals surface area (Å²) in [5.74, 6) is -0.612. The Hall–Kier alpha value is -5.05. The number of halogens is 1. The Balaban J connectivity index is 1.14. The number of benzene rings is 1. The minimum atomic E-state index is -0.508. The number of carbonyl (C=O) groups excluding carboxylic acids is 1. The molecule has 0 unspecified atom stereocenters. The highest BCUT2D eigenvalue weighted by molar-refractivity contribution is 5.95. The molecule has 1 amide bonds. The molecule has 1 N–H and O–H groups in total. The molecule has 11 heteroatoms. The van der Waals surface area contributed by atoms with Crippen LogP contribution in [0.4, 0.5) is 4.39 Å². The van der Waals surface area contributed by atoms with Crippen molar-refractivity contribution in [2.24, 2.45) is 0 Å². The average Bonchev–Trinajstić information content (AvgIpc) is 3.64. The van der Waals surface area contributed by atoms with Gasteiger partial charge in [-0.25, -0.2) is 9.37 Å². The fourth-order valence-electron chi connectivity index (χ4n) is 5.94. The molecule has 10 nitrogen and oxygen atoms in total. The first-order chi connectivity index (χ1) is 19.4. The molecule has 1 aromatic carbocycles. The first-order valence-corrected chi connectivity index (χ1v) is 13.0. The maximum absolute atomic E-state index is 14.8. The van der Waals surface area contributed by atoms with Crippen molar-refractivity contribution in [3.05, 3.63) is 71.6 Å². The largest absolute Gasteiger partial charge is 0.346 e. The lowest BCUT2D eigenvalue weighted by Gasteiger charge is -2.53. The Bertz CT molecular complexity index is 1710. The molecule has 0 atom stereocenters. The molecule has 2 aliphatic heterocycles. The van der Waals surface area contributed by atoms with Gasteiger partial charge in [0, 0.05) is 66.7 Å². The van der Waals surface area contributed by atoms with Crippen LogP contribution >= 0.6 is 0 Å². The smallest absolute Gasteiger partial charge is 0.253 e. The number of nitrogens with zero attached hydrogens (tertiary/aromatic N) is 8. The number of aromatic amines is 1. The molecule has 0 radical (unpaired) electrons. The van der Waals surface area contributed by atoms with Crippen LogP contribution in [0, 0.1) is 39.8 Å². The first kappa shape index (κ1) is 25.2. The number of carbonyl (C=O) groups is 1. The van der Waals surface area contributed by atoms with Crippen molar-refractivity contribution in [1.82, 2.24) is 29.5 Å². The maximum atomic E-state index is 14.8. The Morgan fingerprint density at radius 2 is 1.82 bits per heavy atom. The zero-order chi connectivity index (χ0) is 27.9. The molecule has 0 spiro atoms. The molecule has 2 aliphatic rings. The van der Waals surface area contributed by atoms with E-state index in [2.05, 4.69) is 26.0 Å². The summed E-state index contributed by atoms with van der Waals surface area (Å²) in [6, 6.07) is 12.9. The Kier molecular flexibility index (Phi) is 6.26. The van der Waals surface area contributed by atoms with Crippen LogP contribution in [0.1, 0.15) is 40.7 Å². The number of hydrogen-bond donors (Lipinski definition) is 1. The zero-order valence-electron chi connectivity index (χ0n) is 21.5. The summed E-state index contributed by atoms with van der Waals surface area (Å²) >= 11 is 0. The van der Waals surface area contributed by atoms with Gasteiger partial charge in [0.05, 0.1) is 48.1 Å². The number of piperidine rings is 1. The van der Waals surface area contributed by atoms with Gasteiger partial charge < -0.3 is 9.88 Å². The van der Waals surface area contributed by atoms with E-state index in [1.165, 1.54) is 24.4 Å². The van der Waals surface area contributed by atoms with Crippen molar-refractivity contribution in [2.75, 3.05) is 26.2 Å². The van der Waals surface area contributed by atoms with Crippen LogP contribution in [0.5, 0.6) is 0 Å². The lowest BCUT2D eigenvalue weighted by atomic mass is 9.83. The Labute approximate surface area is 229 Å². The molecular weight excluding hydrogens is 509 g/mol. The van der Waals surface area contributed by atoms with Gasteiger partial charge in [0.15, 0.2) is 0 Å².